The third-order valence-corrected chi connectivity index (χ3v) is 4.67. The molecule has 2 rings (SSSR count). The Bertz CT molecular complexity index is 648. The van der Waals surface area contributed by atoms with Crippen molar-refractivity contribution in [2.24, 2.45) is 11.8 Å². The molecule has 0 aliphatic heterocycles. The Morgan fingerprint density at radius 2 is 1.92 bits per heavy atom. The molecule has 25 heavy (non-hydrogen) atoms. The fourth-order valence-electron chi connectivity index (χ4n) is 3.06. The van der Waals surface area contributed by atoms with Gasteiger partial charge in [-0.15, -0.1) is 0 Å². The Morgan fingerprint density at radius 3 is 2.48 bits per heavy atom. The summed E-state index contributed by atoms with van der Waals surface area (Å²) in [6, 6.07) is 2.98. The smallest absolute Gasteiger partial charge is 0.314 e. The number of amides is 3. The van der Waals surface area contributed by atoms with Gasteiger partial charge in [0.25, 0.3) is 0 Å². The quantitative estimate of drug-likeness (QED) is 0.796. The van der Waals surface area contributed by atoms with Crippen molar-refractivity contribution in [3.63, 3.8) is 0 Å². The van der Waals surface area contributed by atoms with Crippen LogP contribution in [0, 0.1) is 11.8 Å². The van der Waals surface area contributed by atoms with Gasteiger partial charge in [-0.05, 0) is 37.3 Å². The van der Waals surface area contributed by atoms with Gasteiger partial charge in [0.1, 0.15) is 5.82 Å². The summed E-state index contributed by atoms with van der Waals surface area (Å²) in [7, 11) is 3.49. The lowest BCUT2D eigenvalue weighted by Crippen LogP contribution is -2.48. The Hall–Kier alpha value is -2.15. The highest BCUT2D eigenvalue weighted by molar-refractivity contribution is 6.39. The third kappa shape index (κ3) is 5.16. The predicted octanol–water partition coefficient (Wildman–Crippen LogP) is 1.68. The molecule has 0 radical (unpaired) electrons. The normalized spacial score (nSPS) is 22.8. The van der Waals surface area contributed by atoms with Crippen molar-refractivity contribution in [1.29, 1.82) is 0 Å². The van der Waals surface area contributed by atoms with Gasteiger partial charge in [-0.2, -0.15) is 0 Å². The predicted molar refractivity (Wildman–Crippen MR) is 95.0 cm³/mol. The number of carbonyl (C=O) groups is 3. The average Bonchev–Trinajstić information content (AvgIpc) is 2.57. The summed E-state index contributed by atoms with van der Waals surface area (Å²) in [5, 5.41) is 5.64. The van der Waals surface area contributed by atoms with Crippen LogP contribution in [0.15, 0.2) is 18.3 Å². The summed E-state index contributed by atoms with van der Waals surface area (Å²) in [5.41, 5.74) is 0. The molecule has 0 bridgehead atoms. The molecule has 3 atom stereocenters. The Balaban J connectivity index is 1.87. The molecule has 3 amide bonds. The number of halogens is 1. The minimum absolute atomic E-state index is 0.0229. The molecule has 7 nitrogen and oxygen atoms in total. The number of rotatable bonds is 3. The van der Waals surface area contributed by atoms with E-state index in [2.05, 4.69) is 15.6 Å². The second-order valence-electron chi connectivity index (χ2n) is 6.62. The van der Waals surface area contributed by atoms with Crippen LogP contribution in [0.3, 0.4) is 0 Å². The molecular formula is C17H23ClN4O3. The number of nitrogens with one attached hydrogen (secondary N) is 2. The Labute approximate surface area is 152 Å². The van der Waals surface area contributed by atoms with Crippen molar-refractivity contribution in [2.45, 2.75) is 32.2 Å². The molecule has 0 aromatic carbocycles. The second kappa shape index (κ2) is 8.29. The zero-order chi connectivity index (χ0) is 18.6. The van der Waals surface area contributed by atoms with Crippen LogP contribution in [0.2, 0.25) is 5.02 Å². The van der Waals surface area contributed by atoms with E-state index in [1.165, 1.54) is 12.3 Å². The van der Waals surface area contributed by atoms with Gasteiger partial charge in [0.15, 0.2) is 0 Å². The first-order chi connectivity index (χ1) is 11.8. The van der Waals surface area contributed by atoms with Crippen molar-refractivity contribution < 1.29 is 14.4 Å². The van der Waals surface area contributed by atoms with E-state index in [0.717, 1.165) is 0 Å². The van der Waals surface area contributed by atoms with Crippen LogP contribution >= 0.6 is 11.6 Å². The molecule has 136 valence electrons. The molecule has 1 aromatic heterocycles. The molecule has 0 unspecified atom stereocenters. The zero-order valence-electron chi connectivity index (χ0n) is 14.6. The van der Waals surface area contributed by atoms with Crippen molar-refractivity contribution in [1.82, 2.24) is 15.2 Å². The maximum atomic E-state index is 12.1. The molecule has 1 aliphatic rings. The molecule has 1 aliphatic carbocycles. The van der Waals surface area contributed by atoms with Crippen LogP contribution in [0.1, 0.15) is 26.2 Å². The van der Waals surface area contributed by atoms with E-state index in [1.54, 1.807) is 25.1 Å². The van der Waals surface area contributed by atoms with Gasteiger partial charge in [-0.1, -0.05) is 18.5 Å². The van der Waals surface area contributed by atoms with Gasteiger partial charge in [-0.3, -0.25) is 14.4 Å². The average molecular weight is 367 g/mol. The van der Waals surface area contributed by atoms with Gasteiger partial charge in [0, 0.05) is 32.3 Å². The SMILES string of the molecule is C[C@H]1C[C@H](C(=O)N(C)C)CC[C@@H]1NC(=O)C(=O)Nc1ccc(Cl)cn1. The lowest BCUT2D eigenvalue weighted by atomic mass is 9.78. The molecule has 2 N–H and O–H groups in total. The first-order valence-electron chi connectivity index (χ1n) is 8.22. The number of aromatic nitrogens is 1. The largest absolute Gasteiger partial charge is 0.349 e. The first kappa shape index (κ1) is 19.2. The Morgan fingerprint density at radius 1 is 1.20 bits per heavy atom. The van der Waals surface area contributed by atoms with E-state index in [-0.39, 0.29) is 29.6 Å². The standard InChI is InChI=1S/C17H23ClN4O3/c1-10-8-11(17(25)22(2)3)4-6-13(10)20-15(23)16(24)21-14-7-5-12(18)9-19-14/h5,7,9-11,13H,4,6,8H2,1-3H3,(H,20,23)(H,19,21,24)/t10-,11+,13-/m0/s1. The Kier molecular flexibility index (Phi) is 6.36. The van der Waals surface area contributed by atoms with E-state index >= 15 is 0 Å². The van der Waals surface area contributed by atoms with E-state index in [9.17, 15) is 14.4 Å². The number of hydrogen-bond acceptors (Lipinski definition) is 4. The van der Waals surface area contributed by atoms with E-state index in [4.69, 9.17) is 11.6 Å². The second-order valence-corrected chi connectivity index (χ2v) is 7.05. The monoisotopic (exact) mass is 366 g/mol. The molecule has 1 fully saturated rings. The fourth-order valence-corrected chi connectivity index (χ4v) is 3.17. The highest BCUT2D eigenvalue weighted by Gasteiger charge is 2.33. The lowest BCUT2D eigenvalue weighted by Gasteiger charge is -2.34. The number of hydrogen-bond donors (Lipinski definition) is 2. The van der Waals surface area contributed by atoms with E-state index in [0.29, 0.717) is 24.3 Å². The highest BCUT2D eigenvalue weighted by atomic mass is 35.5. The van der Waals surface area contributed by atoms with Gasteiger partial charge in [-0.25, -0.2) is 4.98 Å². The third-order valence-electron chi connectivity index (χ3n) is 4.45. The highest BCUT2D eigenvalue weighted by Crippen LogP contribution is 2.30. The topological polar surface area (TPSA) is 91.4 Å². The molecular weight excluding hydrogens is 344 g/mol. The van der Waals surface area contributed by atoms with Crippen LogP contribution in [-0.2, 0) is 14.4 Å². The van der Waals surface area contributed by atoms with Gasteiger partial charge in [0.05, 0.1) is 5.02 Å². The first-order valence-corrected chi connectivity index (χ1v) is 8.60. The lowest BCUT2D eigenvalue weighted by molar-refractivity contribution is -0.137. The van der Waals surface area contributed by atoms with E-state index in [1.807, 2.05) is 6.92 Å². The molecule has 1 saturated carbocycles. The van der Waals surface area contributed by atoms with Gasteiger partial charge < -0.3 is 15.5 Å². The van der Waals surface area contributed by atoms with Crippen LogP contribution in [-0.4, -0.2) is 47.7 Å². The maximum Gasteiger partial charge on any atom is 0.314 e. The summed E-state index contributed by atoms with van der Waals surface area (Å²) >= 11 is 5.73. The van der Waals surface area contributed by atoms with Crippen molar-refractivity contribution in [2.75, 3.05) is 19.4 Å². The number of nitrogens with zero attached hydrogens (tertiary/aromatic N) is 2. The van der Waals surface area contributed by atoms with Gasteiger partial charge >= 0.3 is 11.8 Å². The fraction of sp³-hybridized carbons (Fsp3) is 0.529. The number of pyridine rings is 1. The minimum atomic E-state index is -0.770. The maximum absolute atomic E-state index is 12.1. The number of anilines is 1. The summed E-state index contributed by atoms with van der Waals surface area (Å²) in [6.07, 6.45) is 3.46. The van der Waals surface area contributed by atoms with Crippen molar-refractivity contribution in [3.8, 4) is 0 Å². The van der Waals surface area contributed by atoms with Gasteiger partial charge in [0.2, 0.25) is 5.91 Å². The van der Waals surface area contributed by atoms with Crippen LogP contribution < -0.4 is 10.6 Å². The number of carbonyl (C=O) groups excluding carboxylic acids is 3. The summed E-state index contributed by atoms with van der Waals surface area (Å²) in [5.74, 6) is -1.00. The van der Waals surface area contributed by atoms with Crippen LogP contribution in [0.5, 0.6) is 0 Å². The molecule has 1 aromatic rings. The minimum Gasteiger partial charge on any atom is -0.349 e. The molecule has 0 spiro atoms. The summed E-state index contributed by atoms with van der Waals surface area (Å²) in [6.45, 7) is 1.98. The van der Waals surface area contributed by atoms with Crippen molar-refractivity contribution in [3.05, 3.63) is 23.4 Å². The molecule has 0 saturated heterocycles. The summed E-state index contributed by atoms with van der Waals surface area (Å²) in [4.78, 5) is 41.7. The summed E-state index contributed by atoms with van der Waals surface area (Å²) < 4.78 is 0. The van der Waals surface area contributed by atoms with Crippen molar-refractivity contribution >= 4 is 35.1 Å². The van der Waals surface area contributed by atoms with Crippen LogP contribution in [0.4, 0.5) is 5.82 Å². The molecule has 1 heterocycles. The van der Waals surface area contributed by atoms with E-state index < -0.39 is 11.8 Å². The molecule has 8 heteroatoms. The van der Waals surface area contributed by atoms with Crippen LogP contribution in [0.25, 0.3) is 0 Å². The zero-order valence-corrected chi connectivity index (χ0v) is 15.3.